The molecule has 1 N–H and O–H groups in total. The van der Waals surface area contributed by atoms with Gasteiger partial charge in [-0.2, -0.15) is 0 Å². The van der Waals surface area contributed by atoms with Gasteiger partial charge in [0.15, 0.2) is 0 Å². The molecule has 114 valence electrons. The van der Waals surface area contributed by atoms with Crippen molar-refractivity contribution in [1.29, 1.82) is 0 Å². The minimum Gasteiger partial charge on any atom is -0.481 e. The lowest BCUT2D eigenvalue weighted by Gasteiger charge is -2.30. The average molecular weight is 280 g/mol. The molecule has 2 aliphatic rings. The molecule has 2 fully saturated rings. The van der Waals surface area contributed by atoms with Crippen LogP contribution in [0.1, 0.15) is 51.9 Å². The predicted octanol–water partition coefficient (Wildman–Crippen LogP) is 3.89. The number of carboxylic acid groups (broad SMARTS) is 1. The van der Waals surface area contributed by atoms with Crippen LogP contribution in [-0.2, 0) is 9.53 Å². The smallest absolute Gasteiger partial charge is 0.303 e. The van der Waals surface area contributed by atoms with Crippen molar-refractivity contribution in [3.05, 3.63) is 12.2 Å². The van der Waals surface area contributed by atoms with Crippen molar-refractivity contribution in [3.8, 4) is 0 Å². The van der Waals surface area contributed by atoms with Gasteiger partial charge in [0, 0.05) is 19.6 Å². The quantitative estimate of drug-likeness (QED) is 0.515. The number of carboxylic acids is 1. The summed E-state index contributed by atoms with van der Waals surface area (Å²) in [6.07, 6.45) is 11.8. The van der Waals surface area contributed by atoms with Crippen LogP contribution in [0.2, 0.25) is 0 Å². The zero-order valence-corrected chi connectivity index (χ0v) is 12.6. The first-order valence-corrected chi connectivity index (χ1v) is 8.17. The molecule has 0 aromatic rings. The number of hydrogen-bond donors (Lipinski definition) is 1. The standard InChI is InChI=1S/C17H28O3/c1-2-20-12-16-14-10-9-13(11-14)15(16)7-5-3-4-6-8-17(18)19/h3,5,13-16H,2,4,6-12H2,1H3,(H,18,19)/t13-,14+,15-,16+/m0/s1. The maximum atomic E-state index is 10.4. The summed E-state index contributed by atoms with van der Waals surface area (Å²) in [5.74, 6) is 2.68. The van der Waals surface area contributed by atoms with Gasteiger partial charge in [0.25, 0.3) is 0 Å². The molecule has 0 unspecified atom stereocenters. The number of ether oxygens (including phenoxy) is 1. The summed E-state index contributed by atoms with van der Waals surface area (Å²) >= 11 is 0. The lowest BCUT2D eigenvalue weighted by Crippen LogP contribution is -2.26. The Labute approximate surface area is 122 Å². The van der Waals surface area contributed by atoms with E-state index in [4.69, 9.17) is 9.84 Å². The Balaban J connectivity index is 1.72. The van der Waals surface area contributed by atoms with Crippen LogP contribution in [-0.4, -0.2) is 24.3 Å². The summed E-state index contributed by atoms with van der Waals surface area (Å²) in [6, 6.07) is 0. The third-order valence-corrected chi connectivity index (χ3v) is 5.13. The van der Waals surface area contributed by atoms with Gasteiger partial charge < -0.3 is 9.84 Å². The second kappa shape index (κ2) is 7.82. The molecule has 20 heavy (non-hydrogen) atoms. The number of rotatable bonds is 9. The summed E-state index contributed by atoms with van der Waals surface area (Å²) in [6.45, 7) is 3.84. The lowest BCUT2D eigenvalue weighted by molar-refractivity contribution is -0.137. The van der Waals surface area contributed by atoms with Gasteiger partial charge in [-0.1, -0.05) is 12.2 Å². The fourth-order valence-corrected chi connectivity index (χ4v) is 4.15. The van der Waals surface area contributed by atoms with E-state index in [9.17, 15) is 4.79 Å². The van der Waals surface area contributed by atoms with E-state index in [1.165, 1.54) is 19.3 Å². The molecule has 4 atom stereocenters. The Morgan fingerprint density at radius 3 is 2.70 bits per heavy atom. The van der Waals surface area contributed by atoms with Crippen LogP contribution >= 0.6 is 0 Å². The van der Waals surface area contributed by atoms with E-state index in [2.05, 4.69) is 19.1 Å². The van der Waals surface area contributed by atoms with E-state index in [1.807, 2.05) is 0 Å². The van der Waals surface area contributed by atoms with Gasteiger partial charge in [-0.15, -0.1) is 0 Å². The van der Waals surface area contributed by atoms with Gasteiger partial charge in [0.1, 0.15) is 0 Å². The average Bonchev–Trinajstić information content (AvgIpc) is 3.01. The largest absolute Gasteiger partial charge is 0.481 e. The van der Waals surface area contributed by atoms with E-state index >= 15 is 0 Å². The van der Waals surface area contributed by atoms with Crippen LogP contribution < -0.4 is 0 Å². The molecule has 3 nitrogen and oxygen atoms in total. The van der Waals surface area contributed by atoms with Crippen molar-refractivity contribution in [2.45, 2.75) is 51.9 Å². The van der Waals surface area contributed by atoms with Gasteiger partial charge in [0.05, 0.1) is 0 Å². The molecule has 3 heteroatoms. The monoisotopic (exact) mass is 280 g/mol. The Morgan fingerprint density at radius 1 is 1.25 bits per heavy atom. The van der Waals surface area contributed by atoms with Crippen molar-refractivity contribution in [3.63, 3.8) is 0 Å². The van der Waals surface area contributed by atoms with Crippen molar-refractivity contribution in [2.75, 3.05) is 13.2 Å². The Bertz CT molecular complexity index is 337. The maximum Gasteiger partial charge on any atom is 0.303 e. The lowest BCUT2D eigenvalue weighted by atomic mass is 9.78. The minimum absolute atomic E-state index is 0.283. The second-order valence-electron chi connectivity index (χ2n) is 6.31. The highest BCUT2D eigenvalue weighted by Crippen LogP contribution is 2.53. The second-order valence-corrected chi connectivity index (χ2v) is 6.31. The van der Waals surface area contributed by atoms with E-state index in [1.54, 1.807) is 0 Å². The number of carbonyl (C=O) groups is 1. The molecule has 0 aromatic carbocycles. The molecular formula is C17H28O3. The minimum atomic E-state index is -0.691. The fraction of sp³-hybridized carbons (Fsp3) is 0.824. The molecule has 0 radical (unpaired) electrons. The molecule has 2 saturated carbocycles. The molecule has 2 rings (SSSR count). The van der Waals surface area contributed by atoms with Gasteiger partial charge in [-0.3, -0.25) is 4.79 Å². The van der Waals surface area contributed by atoms with E-state index < -0.39 is 5.97 Å². The molecule has 0 aromatic heterocycles. The zero-order valence-electron chi connectivity index (χ0n) is 12.6. The fourth-order valence-electron chi connectivity index (χ4n) is 4.15. The third-order valence-electron chi connectivity index (χ3n) is 5.13. The van der Waals surface area contributed by atoms with Crippen molar-refractivity contribution in [2.24, 2.45) is 23.7 Å². The first-order chi connectivity index (χ1) is 9.72. The normalized spacial score (nSPS) is 32.2. The zero-order chi connectivity index (χ0) is 14.4. The van der Waals surface area contributed by atoms with Crippen molar-refractivity contribution in [1.82, 2.24) is 0 Å². The van der Waals surface area contributed by atoms with Gasteiger partial charge in [-0.05, 0) is 69.1 Å². The molecule has 0 aliphatic heterocycles. The number of fused-ring (bicyclic) bond motifs is 2. The topological polar surface area (TPSA) is 46.5 Å². The highest BCUT2D eigenvalue weighted by atomic mass is 16.5. The van der Waals surface area contributed by atoms with Crippen molar-refractivity contribution >= 4 is 5.97 Å². The number of unbranched alkanes of at least 4 members (excludes halogenated alkanes) is 1. The molecule has 0 amide bonds. The first kappa shape index (κ1) is 15.6. The molecular weight excluding hydrogens is 252 g/mol. The summed E-state index contributed by atoms with van der Waals surface area (Å²) < 4.78 is 5.68. The SMILES string of the molecule is CCOC[C@@H]1[C@@H]2CC[C@@H](C2)[C@@H]1CC=CCCCC(=O)O. The number of allylic oxidation sites excluding steroid dienone is 2. The van der Waals surface area contributed by atoms with Crippen LogP contribution in [0, 0.1) is 23.7 Å². The third kappa shape index (κ3) is 4.08. The van der Waals surface area contributed by atoms with Crippen LogP contribution in [0.4, 0.5) is 0 Å². The molecule has 2 bridgehead atoms. The Kier molecular flexibility index (Phi) is 6.08. The summed E-state index contributed by atoms with van der Waals surface area (Å²) in [7, 11) is 0. The first-order valence-electron chi connectivity index (χ1n) is 8.17. The highest BCUT2D eigenvalue weighted by Gasteiger charge is 2.46. The molecule has 0 saturated heterocycles. The maximum absolute atomic E-state index is 10.4. The summed E-state index contributed by atoms with van der Waals surface area (Å²) in [4.78, 5) is 10.4. The van der Waals surface area contributed by atoms with Crippen molar-refractivity contribution < 1.29 is 14.6 Å². The predicted molar refractivity (Wildman–Crippen MR) is 79.5 cm³/mol. The van der Waals surface area contributed by atoms with Gasteiger partial charge in [-0.25, -0.2) is 0 Å². The van der Waals surface area contributed by atoms with Crippen LogP contribution in [0.25, 0.3) is 0 Å². The molecule has 0 spiro atoms. The van der Waals surface area contributed by atoms with Crippen LogP contribution in [0.15, 0.2) is 12.2 Å². The number of hydrogen-bond acceptors (Lipinski definition) is 2. The Morgan fingerprint density at radius 2 is 2.00 bits per heavy atom. The van der Waals surface area contributed by atoms with E-state index in [0.717, 1.165) is 56.1 Å². The molecule has 0 heterocycles. The van der Waals surface area contributed by atoms with E-state index in [-0.39, 0.29) is 6.42 Å². The summed E-state index contributed by atoms with van der Waals surface area (Å²) in [5, 5.41) is 8.59. The van der Waals surface area contributed by atoms with E-state index in [0.29, 0.717) is 0 Å². The highest BCUT2D eigenvalue weighted by molar-refractivity contribution is 5.66. The molecule has 2 aliphatic carbocycles. The van der Waals surface area contributed by atoms with Gasteiger partial charge in [0.2, 0.25) is 0 Å². The van der Waals surface area contributed by atoms with Crippen LogP contribution in [0.5, 0.6) is 0 Å². The summed E-state index contributed by atoms with van der Waals surface area (Å²) in [5.41, 5.74) is 0. The Hall–Kier alpha value is -0.830. The van der Waals surface area contributed by atoms with Gasteiger partial charge >= 0.3 is 5.97 Å². The van der Waals surface area contributed by atoms with Crippen LogP contribution in [0.3, 0.4) is 0 Å². The number of aliphatic carboxylic acids is 1.